The summed E-state index contributed by atoms with van der Waals surface area (Å²) < 4.78 is 4.96. The summed E-state index contributed by atoms with van der Waals surface area (Å²) in [5.41, 5.74) is 0.394. The van der Waals surface area contributed by atoms with Crippen LogP contribution in [0, 0.1) is 0 Å². The van der Waals surface area contributed by atoms with E-state index in [1.807, 2.05) is 0 Å². The van der Waals surface area contributed by atoms with Crippen LogP contribution in [-0.4, -0.2) is 21.0 Å². The Morgan fingerprint density at radius 3 is 2.86 bits per heavy atom. The molecule has 5 heteroatoms. The molecule has 0 atom stereocenters. The standard InChI is InChI=1S/C9H6N2O3/c12-9(13)7-5-14-8(11-7)6-3-1-2-4-10-6/h1-5H,(H,12,13). The van der Waals surface area contributed by atoms with Gasteiger partial charge in [-0.3, -0.25) is 4.98 Å². The Hall–Kier alpha value is -2.17. The molecule has 0 spiro atoms. The molecule has 0 amide bonds. The molecular weight excluding hydrogens is 184 g/mol. The smallest absolute Gasteiger partial charge is 0.357 e. The van der Waals surface area contributed by atoms with Gasteiger partial charge in [-0.15, -0.1) is 0 Å². The Morgan fingerprint density at radius 2 is 2.29 bits per heavy atom. The highest BCUT2D eigenvalue weighted by atomic mass is 16.4. The number of nitrogens with zero attached hydrogens (tertiary/aromatic N) is 2. The third-order valence-corrected chi connectivity index (χ3v) is 1.61. The minimum Gasteiger partial charge on any atom is -0.476 e. The predicted molar refractivity (Wildman–Crippen MR) is 46.7 cm³/mol. The van der Waals surface area contributed by atoms with Crippen LogP contribution in [0.25, 0.3) is 11.6 Å². The molecule has 70 valence electrons. The maximum atomic E-state index is 10.5. The fourth-order valence-corrected chi connectivity index (χ4v) is 0.979. The van der Waals surface area contributed by atoms with Crippen molar-refractivity contribution in [2.75, 3.05) is 0 Å². The third kappa shape index (κ3) is 1.47. The molecule has 2 aromatic heterocycles. The molecule has 0 unspecified atom stereocenters. The molecule has 0 aliphatic heterocycles. The minimum atomic E-state index is -1.11. The highest BCUT2D eigenvalue weighted by Crippen LogP contribution is 2.14. The number of hydrogen-bond donors (Lipinski definition) is 1. The van der Waals surface area contributed by atoms with E-state index in [4.69, 9.17) is 9.52 Å². The van der Waals surface area contributed by atoms with Crippen molar-refractivity contribution in [1.29, 1.82) is 0 Å². The van der Waals surface area contributed by atoms with Crippen molar-refractivity contribution in [3.8, 4) is 11.6 Å². The number of carboxylic acids is 1. The molecule has 0 aromatic carbocycles. The highest BCUT2D eigenvalue weighted by molar-refractivity contribution is 5.85. The van der Waals surface area contributed by atoms with Crippen LogP contribution in [0.1, 0.15) is 10.5 Å². The molecule has 14 heavy (non-hydrogen) atoms. The predicted octanol–water partition coefficient (Wildman–Crippen LogP) is 1.43. The highest BCUT2D eigenvalue weighted by Gasteiger charge is 2.11. The van der Waals surface area contributed by atoms with Crippen LogP contribution in [0.15, 0.2) is 35.1 Å². The van der Waals surface area contributed by atoms with Crippen LogP contribution in [0.2, 0.25) is 0 Å². The van der Waals surface area contributed by atoms with E-state index < -0.39 is 5.97 Å². The van der Waals surface area contributed by atoms with E-state index in [1.165, 1.54) is 0 Å². The van der Waals surface area contributed by atoms with Gasteiger partial charge in [0, 0.05) is 6.20 Å². The van der Waals surface area contributed by atoms with Crippen molar-refractivity contribution in [1.82, 2.24) is 9.97 Å². The van der Waals surface area contributed by atoms with E-state index in [0.29, 0.717) is 5.69 Å². The van der Waals surface area contributed by atoms with Gasteiger partial charge in [0.1, 0.15) is 12.0 Å². The van der Waals surface area contributed by atoms with Gasteiger partial charge in [0.2, 0.25) is 5.89 Å². The third-order valence-electron chi connectivity index (χ3n) is 1.61. The van der Waals surface area contributed by atoms with Gasteiger partial charge in [-0.1, -0.05) is 6.07 Å². The van der Waals surface area contributed by atoms with Gasteiger partial charge >= 0.3 is 5.97 Å². The van der Waals surface area contributed by atoms with E-state index >= 15 is 0 Å². The van der Waals surface area contributed by atoms with Crippen LogP contribution in [0.4, 0.5) is 0 Å². The first-order valence-corrected chi connectivity index (χ1v) is 3.87. The second-order valence-electron chi connectivity index (χ2n) is 2.56. The van der Waals surface area contributed by atoms with E-state index in [2.05, 4.69) is 9.97 Å². The molecular formula is C9H6N2O3. The van der Waals surface area contributed by atoms with Crippen molar-refractivity contribution in [2.24, 2.45) is 0 Å². The van der Waals surface area contributed by atoms with Crippen molar-refractivity contribution in [2.45, 2.75) is 0 Å². The number of pyridine rings is 1. The first-order valence-electron chi connectivity index (χ1n) is 3.87. The quantitative estimate of drug-likeness (QED) is 0.775. The fourth-order valence-electron chi connectivity index (χ4n) is 0.979. The zero-order valence-electron chi connectivity index (χ0n) is 7.04. The zero-order valence-corrected chi connectivity index (χ0v) is 7.04. The van der Waals surface area contributed by atoms with Gasteiger partial charge in [0.05, 0.1) is 0 Å². The van der Waals surface area contributed by atoms with E-state index in [0.717, 1.165) is 6.26 Å². The Bertz CT molecular complexity index is 450. The number of oxazole rings is 1. The molecule has 1 N–H and O–H groups in total. The van der Waals surface area contributed by atoms with Gasteiger partial charge in [-0.25, -0.2) is 9.78 Å². The lowest BCUT2D eigenvalue weighted by Crippen LogP contribution is -1.95. The number of rotatable bonds is 2. The summed E-state index contributed by atoms with van der Waals surface area (Å²) in [5, 5.41) is 8.60. The molecule has 0 saturated heterocycles. The molecule has 2 rings (SSSR count). The zero-order chi connectivity index (χ0) is 9.97. The van der Waals surface area contributed by atoms with Gasteiger partial charge in [-0.05, 0) is 12.1 Å². The fraction of sp³-hybridized carbons (Fsp3) is 0. The number of aromatic carboxylic acids is 1. The van der Waals surface area contributed by atoms with Crippen molar-refractivity contribution in [3.63, 3.8) is 0 Å². The number of hydrogen-bond acceptors (Lipinski definition) is 4. The van der Waals surface area contributed by atoms with Gasteiger partial charge in [0.15, 0.2) is 5.69 Å². The molecule has 0 radical (unpaired) electrons. The lowest BCUT2D eigenvalue weighted by molar-refractivity contribution is 0.0690. The summed E-state index contributed by atoms with van der Waals surface area (Å²) in [7, 11) is 0. The average Bonchev–Trinajstić information content (AvgIpc) is 2.68. The second kappa shape index (κ2) is 3.29. The topological polar surface area (TPSA) is 76.2 Å². The summed E-state index contributed by atoms with van der Waals surface area (Å²) in [5.74, 6) is -0.904. The summed E-state index contributed by atoms with van der Waals surface area (Å²) >= 11 is 0. The SMILES string of the molecule is O=C(O)c1coc(-c2ccccn2)n1. The van der Waals surface area contributed by atoms with E-state index in [-0.39, 0.29) is 11.6 Å². The van der Waals surface area contributed by atoms with Crippen LogP contribution in [-0.2, 0) is 0 Å². The summed E-state index contributed by atoms with van der Waals surface area (Å²) in [4.78, 5) is 18.2. The molecule has 5 nitrogen and oxygen atoms in total. The Morgan fingerprint density at radius 1 is 1.43 bits per heavy atom. The lowest BCUT2D eigenvalue weighted by Gasteiger charge is -1.90. The Kier molecular flexibility index (Phi) is 1.98. The van der Waals surface area contributed by atoms with Crippen molar-refractivity contribution in [3.05, 3.63) is 36.4 Å². The summed E-state index contributed by atoms with van der Waals surface area (Å²) in [6.45, 7) is 0. The molecule has 0 aliphatic carbocycles. The minimum absolute atomic E-state index is 0.120. The number of aromatic nitrogens is 2. The Labute approximate surface area is 79.0 Å². The monoisotopic (exact) mass is 190 g/mol. The average molecular weight is 190 g/mol. The van der Waals surface area contributed by atoms with Gasteiger partial charge < -0.3 is 9.52 Å². The molecule has 0 aliphatic rings. The number of carboxylic acid groups (broad SMARTS) is 1. The van der Waals surface area contributed by atoms with Crippen LogP contribution < -0.4 is 0 Å². The summed E-state index contributed by atoms with van der Waals surface area (Å²) in [6.07, 6.45) is 2.67. The van der Waals surface area contributed by atoms with Crippen molar-refractivity contribution < 1.29 is 14.3 Å². The molecule has 2 aromatic rings. The number of carbonyl (C=O) groups is 1. The molecule has 0 saturated carbocycles. The second-order valence-corrected chi connectivity index (χ2v) is 2.56. The summed E-state index contributed by atoms with van der Waals surface area (Å²) in [6, 6.07) is 5.22. The van der Waals surface area contributed by atoms with Crippen LogP contribution in [0.5, 0.6) is 0 Å². The molecule has 0 fully saturated rings. The lowest BCUT2D eigenvalue weighted by atomic mass is 10.3. The van der Waals surface area contributed by atoms with Crippen LogP contribution in [0.3, 0.4) is 0 Å². The van der Waals surface area contributed by atoms with Crippen LogP contribution >= 0.6 is 0 Å². The normalized spacial score (nSPS) is 10.0. The first kappa shape index (κ1) is 8.43. The van der Waals surface area contributed by atoms with E-state index in [1.54, 1.807) is 24.4 Å². The largest absolute Gasteiger partial charge is 0.476 e. The van der Waals surface area contributed by atoms with Gasteiger partial charge in [-0.2, -0.15) is 0 Å². The van der Waals surface area contributed by atoms with Gasteiger partial charge in [0.25, 0.3) is 0 Å². The first-order chi connectivity index (χ1) is 6.77. The molecule has 2 heterocycles. The van der Waals surface area contributed by atoms with E-state index in [9.17, 15) is 4.79 Å². The maximum absolute atomic E-state index is 10.5. The van der Waals surface area contributed by atoms with Crippen molar-refractivity contribution >= 4 is 5.97 Å². The molecule has 0 bridgehead atoms. The maximum Gasteiger partial charge on any atom is 0.357 e. The Balaban J connectivity index is 2.39.